The standard InChI is InChI=1S/C17H21ClN2O5S2/c1-4-5-16(21)19-17-20(12-8-27(22,23)9-15(12)26-17)11-6-10(18)13(24-2)7-14(11)25-3/h6-7,12,15H,4-5,8-9H2,1-3H3/t12-,15+/m0/s1. The number of amidine groups is 1. The van der Waals surface area contributed by atoms with Crippen LogP contribution in [0.5, 0.6) is 11.5 Å². The van der Waals surface area contributed by atoms with Gasteiger partial charge in [-0.2, -0.15) is 4.99 Å². The van der Waals surface area contributed by atoms with Gasteiger partial charge in [0.1, 0.15) is 11.5 Å². The molecule has 2 saturated heterocycles. The number of ether oxygens (including phenoxy) is 2. The molecule has 2 aliphatic rings. The van der Waals surface area contributed by atoms with Gasteiger partial charge in [-0.1, -0.05) is 30.3 Å². The van der Waals surface area contributed by atoms with Crippen LogP contribution in [-0.2, 0) is 14.6 Å². The molecule has 2 atom stereocenters. The van der Waals surface area contributed by atoms with Gasteiger partial charge in [-0.3, -0.25) is 4.79 Å². The highest BCUT2D eigenvalue weighted by atomic mass is 35.5. The van der Waals surface area contributed by atoms with E-state index in [2.05, 4.69) is 4.99 Å². The Morgan fingerprint density at radius 1 is 1.30 bits per heavy atom. The number of hydrogen-bond acceptors (Lipinski definition) is 6. The maximum absolute atomic E-state index is 12.2. The molecular formula is C17H21ClN2O5S2. The van der Waals surface area contributed by atoms with E-state index < -0.39 is 9.84 Å². The summed E-state index contributed by atoms with van der Waals surface area (Å²) in [5, 5.41) is 0.661. The lowest BCUT2D eigenvalue weighted by Gasteiger charge is -2.26. The fourth-order valence-corrected chi connectivity index (χ4v) is 7.41. The van der Waals surface area contributed by atoms with E-state index in [4.69, 9.17) is 21.1 Å². The maximum Gasteiger partial charge on any atom is 0.248 e. The average molecular weight is 433 g/mol. The number of aliphatic imine (C=N–C) groups is 1. The van der Waals surface area contributed by atoms with Gasteiger partial charge in [0.15, 0.2) is 15.0 Å². The topological polar surface area (TPSA) is 85.3 Å². The fourth-order valence-electron chi connectivity index (χ4n) is 3.26. The van der Waals surface area contributed by atoms with Crippen LogP contribution in [0, 0.1) is 0 Å². The van der Waals surface area contributed by atoms with E-state index in [1.807, 2.05) is 6.92 Å². The third-order valence-corrected chi connectivity index (χ3v) is 7.97. The molecule has 0 spiro atoms. The molecule has 1 aromatic rings. The lowest BCUT2D eigenvalue weighted by molar-refractivity contribution is -0.117. The van der Waals surface area contributed by atoms with Crippen LogP contribution in [0.1, 0.15) is 19.8 Å². The number of amides is 1. The number of thioether (sulfide) groups is 1. The van der Waals surface area contributed by atoms with Gasteiger partial charge in [-0.25, -0.2) is 8.42 Å². The van der Waals surface area contributed by atoms with Gasteiger partial charge in [0.2, 0.25) is 5.91 Å². The Morgan fingerprint density at radius 2 is 2.00 bits per heavy atom. The van der Waals surface area contributed by atoms with Crippen LogP contribution >= 0.6 is 23.4 Å². The monoisotopic (exact) mass is 432 g/mol. The van der Waals surface area contributed by atoms with Crippen LogP contribution in [0.15, 0.2) is 17.1 Å². The van der Waals surface area contributed by atoms with Gasteiger partial charge in [0, 0.05) is 17.7 Å². The number of nitrogens with zero attached hydrogens (tertiary/aromatic N) is 2. The molecular weight excluding hydrogens is 412 g/mol. The first-order valence-corrected chi connectivity index (χ1v) is 11.6. The number of hydrogen-bond donors (Lipinski definition) is 0. The number of benzene rings is 1. The van der Waals surface area contributed by atoms with Crippen molar-refractivity contribution in [3.8, 4) is 11.5 Å². The van der Waals surface area contributed by atoms with Gasteiger partial charge in [-0.15, -0.1) is 0 Å². The van der Waals surface area contributed by atoms with Crippen molar-refractivity contribution in [1.29, 1.82) is 0 Å². The van der Waals surface area contributed by atoms with E-state index in [0.29, 0.717) is 40.2 Å². The first-order chi connectivity index (χ1) is 12.8. The van der Waals surface area contributed by atoms with E-state index in [-0.39, 0.29) is 28.7 Å². The highest BCUT2D eigenvalue weighted by Crippen LogP contribution is 2.46. The second kappa shape index (κ2) is 7.89. The molecule has 3 rings (SSSR count). The SMILES string of the molecule is CCCC(=O)N=C1S[C@@H]2CS(=O)(=O)C[C@@H]2N1c1cc(Cl)c(OC)cc1OC. The Bertz CT molecular complexity index is 888. The average Bonchev–Trinajstić information content (AvgIpc) is 3.05. The zero-order valence-electron chi connectivity index (χ0n) is 15.3. The number of carbonyl (C=O) groups excluding carboxylic acids is 1. The largest absolute Gasteiger partial charge is 0.495 e. The van der Waals surface area contributed by atoms with E-state index in [1.165, 1.54) is 26.0 Å². The normalized spacial score (nSPS) is 24.9. The van der Waals surface area contributed by atoms with Crippen LogP contribution in [0.25, 0.3) is 0 Å². The molecule has 27 heavy (non-hydrogen) atoms. The van der Waals surface area contributed by atoms with Crippen LogP contribution in [0.3, 0.4) is 0 Å². The molecule has 2 aliphatic heterocycles. The molecule has 10 heteroatoms. The molecule has 0 radical (unpaired) electrons. The molecule has 148 valence electrons. The minimum atomic E-state index is -3.15. The number of carbonyl (C=O) groups is 1. The Balaban J connectivity index is 2.10. The van der Waals surface area contributed by atoms with Crippen molar-refractivity contribution >= 4 is 50.0 Å². The molecule has 7 nitrogen and oxygen atoms in total. The second-order valence-electron chi connectivity index (χ2n) is 6.37. The molecule has 1 aromatic carbocycles. The molecule has 2 fully saturated rings. The summed E-state index contributed by atoms with van der Waals surface area (Å²) in [5.74, 6) is 0.744. The van der Waals surface area contributed by atoms with Crippen molar-refractivity contribution in [3.05, 3.63) is 17.2 Å². The summed E-state index contributed by atoms with van der Waals surface area (Å²) < 4.78 is 35.0. The predicted octanol–water partition coefficient (Wildman–Crippen LogP) is 2.76. The zero-order valence-corrected chi connectivity index (χ0v) is 17.7. The second-order valence-corrected chi connectivity index (χ2v) is 10.1. The fraction of sp³-hybridized carbons (Fsp3) is 0.529. The van der Waals surface area contributed by atoms with Crippen LogP contribution in [0.4, 0.5) is 5.69 Å². The summed E-state index contributed by atoms with van der Waals surface area (Å²) in [4.78, 5) is 18.1. The Labute approximate surface area is 168 Å². The summed E-state index contributed by atoms with van der Waals surface area (Å²) >= 11 is 7.62. The van der Waals surface area contributed by atoms with E-state index in [1.54, 1.807) is 17.0 Å². The Hall–Kier alpha value is -1.45. The Kier molecular flexibility index (Phi) is 5.93. The molecule has 2 heterocycles. The van der Waals surface area contributed by atoms with Crippen molar-refractivity contribution < 1.29 is 22.7 Å². The summed E-state index contributed by atoms with van der Waals surface area (Å²) in [7, 11) is -0.139. The summed E-state index contributed by atoms with van der Waals surface area (Å²) in [5.41, 5.74) is 0.573. The zero-order chi connectivity index (χ0) is 19.8. The van der Waals surface area contributed by atoms with Crippen LogP contribution < -0.4 is 14.4 Å². The maximum atomic E-state index is 12.2. The van der Waals surface area contributed by atoms with Crippen LogP contribution in [0.2, 0.25) is 5.02 Å². The predicted molar refractivity (Wildman–Crippen MR) is 108 cm³/mol. The highest BCUT2D eigenvalue weighted by molar-refractivity contribution is 8.16. The number of halogens is 1. The smallest absolute Gasteiger partial charge is 0.248 e. The third-order valence-electron chi connectivity index (χ3n) is 4.46. The minimum absolute atomic E-state index is 0.00153. The number of sulfone groups is 1. The summed E-state index contributed by atoms with van der Waals surface area (Å²) in [6, 6.07) is 2.98. The van der Waals surface area contributed by atoms with Gasteiger partial charge >= 0.3 is 0 Å². The molecule has 1 amide bonds. The van der Waals surface area contributed by atoms with E-state index in [9.17, 15) is 13.2 Å². The number of anilines is 1. The Morgan fingerprint density at radius 3 is 2.63 bits per heavy atom. The molecule has 0 saturated carbocycles. The third kappa shape index (κ3) is 4.05. The van der Waals surface area contributed by atoms with Crippen molar-refractivity contribution in [2.75, 3.05) is 30.6 Å². The number of rotatable bonds is 5. The van der Waals surface area contributed by atoms with Gasteiger partial charge in [-0.05, 0) is 12.5 Å². The molecule has 0 unspecified atom stereocenters. The summed E-state index contributed by atoms with van der Waals surface area (Å²) in [6.45, 7) is 1.91. The highest BCUT2D eigenvalue weighted by Gasteiger charge is 2.50. The van der Waals surface area contributed by atoms with Gasteiger partial charge in [0.05, 0.1) is 42.5 Å². The minimum Gasteiger partial charge on any atom is -0.495 e. The molecule has 0 bridgehead atoms. The van der Waals surface area contributed by atoms with Gasteiger partial charge < -0.3 is 14.4 Å². The van der Waals surface area contributed by atoms with Gasteiger partial charge in [0.25, 0.3) is 0 Å². The van der Waals surface area contributed by atoms with Crippen molar-refractivity contribution in [1.82, 2.24) is 0 Å². The van der Waals surface area contributed by atoms with Crippen LogP contribution in [-0.4, -0.2) is 56.5 Å². The summed E-state index contributed by atoms with van der Waals surface area (Å²) in [6.07, 6.45) is 1.03. The van der Waals surface area contributed by atoms with Crippen molar-refractivity contribution in [2.45, 2.75) is 31.1 Å². The molecule has 0 aliphatic carbocycles. The van der Waals surface area contributed by atoms with Crippen molar-refractivity contribution in [2.24, 2.45) is 4.99 Å². The number of methoxy groups -OCH3 is 2. The molecule has 0 aromatic heterocycles. The van der Waals surface area contributed by atoms with Crippen molar-refractivity contribution in [3.63, 3.8) is 0 Å². The number of fused-ring (bicyclic) bond motifs is 1. The van der Waals surface area contributed by atoms with E-state index in [0.717, 1.165) is 0 Å². The first-order valence-electron chi connectivity index (χ1n) is 8.49. The first kappa shape index (κ1) is 20.3. The molecule has 0 N–H and O–H groups in total. The lowest BCUT2D eigenvalue weighted by atomic mass is 10.2. The van der Waals surface area contributed by atoms with E-state index >= 15 is 0 Å². The quantitative estimate of drug-likeness (QED) is 0.707. The lowest BCUT2D eigenvalue weighted by Crippen LogP contribution is -2.38.